The second-order valence-corrected chi connectivity index (χ2v) is 5.42. The molecular weight excluding hydrogens is 324 g/mol. The van der Waals surface area contributed by atoms with E-state index in [-0.39, 0.29) is 17.8 Å². The molecule has 0 spiro atoms. The number of primary amides is 1. The van der Waals surface area contributed by atoms with Crippen molar-refractivity contribution in [3.05, 3.63) is 69.3 Å². The summed E-state index contributed by atoms with van der Waals surface area (Å²) < 4.78 is 0. The minimum atomic E-state index is -0.727. The summed E-state index contributed by atoms with van der Waals surface area (Å²) in [6, 6.07) is 11.6. The Morgan fingerprint density at radius 2 is 2.04 bits per heavy atom. The lowest BCUT2D eigenvalue weighted by molar-refractivity contribution is -0.385. The first-order valence-corrected chi connectivity index (χ1v) is 7.36. The second kappa shape index (κ2) is 6.48. The standard InChI is InChI=1S/C16H14N6O3/c1-10-4-2-3-5-13(10)16-18-20-21(19-16)9-12-7-6-11(15(17)23)8-14(12)22(24)25/h2-8H,9H2,1H3,(H2,17,23). The van der Waals surface area contributed by atoms with Gasteiger partial charge in [-0.25, -0.2) is 0 Å². The lowest BCUT2D eigenvalue weighted by Gasteiger charge is -2.03. The number of aryl methyl sites for hydroxylation is 1. The van der Waals surface area contributed by atoms with E-state index >= 15 is 0 Å². The number of carbonyl (C=O) groups excluding carboxylic acids is 1. The summed E-state index contributed by atoms with van der Waals surface area (Å²) in [6.45, 7) is 1.98. The largest absolute Gasteiger partial charge is 0.366 e. The average molecular weight is 338 g/mol. The van der Waals surface area contributed by atoms with Gasteiger partial charge in [-0.3, -0.25) is 14.9 Å². The summed E-state index contributed by atoms with van der Waals surface area (Å²) in [4.78, 5) is 23.1. The normalized spacial score (nSPS) is 10.6. The first-order valence-electron chi connectivity index (χ1n) is 7.36. The molecule has 3 aromatic rings. The van der Waals surface area contributed by atoms with Gasteiger partial charge >= 0.3 is 0 Å². The van der Waals surface area contributed by atoms with E-state index in [1.165, 1.54) is 16.9 Å². The van der Waals surface area contributed by atoms with E-state index in [1.54, 1.807) is 0 Å². The van der Waals surface area contributed by atoms with E-state index in [4.69, 9.17) is 5.73 Å². The van der Waals surface area contributed by atoms with E-state index in [9.17, 15) is 14.9 Å². The van der Waals surface area contributed by atoms with Crippen molar-refractivity contribution < 1.29 is 9.72 Å². The van der Waals surface area contributed by atoms with Crippen molar-refractivity contribution in [3.8, 4) is 11.4 Å². The van der Waals surface area contributed by atoms with Gasteiger partial charge in [0.05, 0.1) is 17.0 Å². The van der Waals surface area contributed by atoms with Crippen molar-refractivity contribution in [2.24, 2.45) is 5.73 Å². The molecule has 0 radical (unpaired) electrons. The number of nitrogens with two attached hydrogens (primary N) is 1. The Kier molecular flexibility index (Phi) is 4.21. The number of tetrazole rings is 1. The van der Waals surface area contributed by atoms with Gasteiger partial charge < -0.3 is 5.73 Å². The molecule has 0 aliphatic heterocycles. The first-order chi connectivity index (χ1) is 12.0. The van der Waals surface area contributed by atoms with Crippen LogP contribution in [0.5, 0.6) is 0 Å². The number of rotatable bonds is 5. The van der Waals surface area contributed by atoms with Crippen LogP contribution >= 0.6 is 0 Å². The fraction of sp³-hybridized carbons (Fsp3) is 0.125. The quantitative estimate of drug-likeness (QED) is 0.556. The lowest BCUT2D eigenvalue weighted by Crippen LogP contribution is -2.12. The van der Waals surface area contributed by atoms with E-state index in [1.807, 2.05) is 31.2 Å². The molecule has 1 heterocycles. The third kappa shape index (κ3) is 3.34. The smallest absolute Gasteiger partial charge is 0.275 e. The second-order valence-electron chi connectivity index (χ2n) is 5.42. The molecule has 0 bridgehead atoms. The molecule has 0 aliphatic carbocycles. The zero-order chi connectivity index (χ0) is 18.0. The fourth-order valence-corrected chi connectivity index (χ4v) is 2.41. The Hall–Kier alpha value is -3.62. The molecule has 2 N–H and O–H groups in total. The highest BCUT2D eigenvalue weighted by molar-refractivity contribution is 5.93. The summed E-state index contributed by atoms with van der Waals surface area (Å²) in [6.07, 6.45) is 0. The van der Waals surface area contributed by atoms with Gasteiger partial charge in [-0.15, -0.1) is 10.2 Å². The van der Waals surface area contributed by atoms with Gasteiger partial charge in [-0.2, -0.15) is 4.80 Å². The molecule has 0 fully saturated rings. The third-order valence-corrected chi connectivity index (χ3v) is 3.72. The Bertz CT molecular complexity index is 966. The Labute approximate surface area is 142 Å². The molecule has 25 heavy (non-hydrogen) atoms. The van der Waals surface area contributed by atoms with Gasteiger partial charge in [-0.05, 0) is 29.8 Å². The van der Waals surface area contributed by atoms with Crippen LogP contribution in [0.1, 0.15) is 21.5 Å². The third-order valence-electron chi connectivity index (χ3n) is 3.72. The van der Waals surface area contributed by atoms with Gasteiger partial charge in [0.2, 0.25) is 11.7 Å². The summed E-state index contributed by atoms with van der Waals surface area (Å²) in [7, 11) is 0. The molecule has 0 atom stereocenters. The molecule has 3 rings (SSSR count). The van der Waals surface area contributed by atoms with Gasteiger partial charge in [0, 0.05) is 17.2 Å². The summed E-state index contributed by atoms with van der Waals surface area (Å²) >= 11 is 0. The Morgan fingerprint density at radius 1 is 1.28 bits per heavy atom. The summed E-state index contributed by atoms with van der Waals surface area (Å²) in [5.74, 6) is -0.287. The number of carbonyl (C=O) groups is 1. The molecule has 9 heteroatoms. The van der Waals surface area contributed by atoms with E-state index in [2.05, 4.69) is 15.4 Å². The van der Waals surface area contributed by atoms with Gasteiger partial charge in [0.15, 0.2) is 0 Å². The number of nitro groups is 1. The monoisotopic (exact) mass is 338 g/mol. The van der Waals surface area contributed by atoms with Crippen LogP contribution in [0.3, 0.4) is 0 Å². The number of nitrogens with zero attached hydrogens (tertiary/aromatic N) is 5. The van der Waals surface area contributed by atoms with E-state index in [0.29, 0.717) is 11.4 Å². The zero-order valence-corrected chi connectivity index (χ0v) is 13.3. The molecule has 126 valence electrons. The van der Waals surface area contributed by atoms with Crippen molar-refractivity contribution in [1.29, 1.82) is 0 Å². The molecule has 1 aromatic heterocycles. The maximum absolute atomic E-state index is 11.2. The molecule has 9 nitrogen and oxygen atoms in total. The maximum atomic E-state index is 11.2. The van der Waals surface area contributed by atoms with Crippen LogP contribution in [-0.4, -0.2) is 31.0 Å². The van der Waals surface area contributed by atoms with Crippen molar-refractivity contribution >= 4 is 11.6 Å². The molecule has 2 aromatic carbocycles. The highest BCUT2D eigenvalue weighted by atomic mass is 16.6. The van der Waals surface area contributed by atoms with Crippen molar-refractivity contribution in [2.45, 2.75) is 13.5 Å². The highest BCUT2D eigenvalue weighted by Gasteiger charge is 2.18. The number of benzene rings is 2. The van der Waals surface area contributed by atoms with Crippen LogP contribution in [0.25, 0.3) is 11.4 Å². The van der Waals surface area contributed by atoms with Crippen LogP contribution in [0.2, 0.25) is 0 Å². The first kappa shape index (κ1) is 16.2. The summed E-state index contributed by atoms with van der Waals surface area (Å²) in [5.41, 5.74) is 7.21. The van der Waals surface area contributed by atoms with Crippen molar-refractivity contribution in [1.82, 2.24) is 20.2 Å². The van der Waals surface area contributed by atoms with Crippen LogP contribution in [-0.2, 0) is 6.54 Å². The van der Waals surface area contributed by atoms with E-state index < -0.39 is 10.8 Å². The lowest BCUT2D eigenvalue weighted by atomic mass is 10.1. The van der Waals surface area contributed by atoms with Gasteiger partial charge in [-0.1, -0.05) is 24.3 Å². The van der Waals surface area contributed by atoms with Crippen LogP contribution < -0.4 is 5.73 Å². The van der Waals surface area contributed by atoms with E-state index in [0.717, 1.165) is 17.2 Å². The highest BCUT2D eigenvalue weighted by Crippen LogP contribution is 2.22. The van der Waals surface area contributed by atoms with Gasteiger partial charge in [0.25, 0.3) is 5.69 Å². The number of hydrogen-bond donors (Lipinski definition) is 1. The Balaban J connectivity index is 1.92. The SMILES string of the molecule is Cc1ccccc1-c1nnn(Cc2ccc(C(N)=O)cc2[N+](=O)[O-])n1. The fourth-order valence-electron chi connectivity index (χ4n) is 2.41. The van der Waals surface area contributed by atoms with Crippen molar-refractivity contribution in [2.75, 3.05) is 0 Å². The number of amides is 1. The van der Waals surface area contributed by atoms with Gasteiger partial charge in [0.1, 0.15) is 0 Å². The summed E-state index contributed by atoms with van der Waals surface area (Å²) in [5, 5.41) is 23.5. The molecule has 0 saturated heterocycles. The predicted octanol–water partition coefficient (Wildman–Crippen LogP) is 1.70. The number of nitro benzene ring substituents is 1. The van der Waals surface area contributed by atoms with Crippen molar-refractivity contribution in [3.63, 3.8) is 0 Å². The molecule has 0 saturated carbocycles. The molecule has 0 aliphatic rings. The van der Waals surface area contributed by atoms with Crippen LogP contribution in [0.15, 0.2) is 42.5 Å². The molecular formula is C16H14N6O3. The minimum absolute atomic E-state index is 0.0498. The average Bonchev–Trinajstić information content (AvgIpc) is 3.03. The van der Waals surface area contributed by atoms with Crippen LogP contribution in [0.4, 0.5) is 5.69 Å². The molecule has 1 amide bonds. The predicted molar refractivity (Wildman–Crippen MR) is 88.7 cm³/mol. The maximum Gasteiger partial charge on any atom is 0.275 e. The minimum Gasteiger partial charge on any atom is -0.366 e. The molecule has 0 unspecified atom stereocenters. The number of hydrogen-bond acceptors (Lipinski definition) is 6. The van der Waals surface area contributed by atoms with Crippen LogP contribution in [0, 0.1) is 17.0 Å². The topological polar surface area (TPSA) is 130 Å². The zero-order valence-electron chi connectivity index (χ0n) is 13.3. The number of aromatic nitrogens is 4. The Morgan fingerprint density at radius 3 is 2.72 bits per heavy atom.